The van der Waals surface area contributed by atoms with Crippen molar-refractivity contribution in [2.75, 3.05) is 0 Å². The van der Waals surface area contributed by atoms with E-state index in [1.54, 1.807) is 0 Å². The molecule has 0 spiro atoms. The van der Waals surface area contributed by atoms with Gasteiger partial charge in [0.15, 0.2) is 0 Å². The van der Waals surface area contributed by atoms with Gasteiger partial charge in [0.05, 0.1) is 0 Å². The molecule has 0 saturated heterocycles. The summed E-state index contributed by atoms with van der Waals surface area (Å²) in [6.07, 6.45) is 20.0. The second kappa shape index (κ2) is 5.96. The number of allylic oxidation sites excluding steroid dienone is 6. The quantitative estimate of drug-likeness (QED) is 0.460. The van der Waals surface area contributed by atoms with E-state index in [-0.39, 0.29) is 0 Å². The summed E-state index contributed by atoms with van der Waals surface area (Å²) in [5, 5.41) is 0. The third-order valence-corrected chi connectivity index (χ3v) is 1.70. The monoisotopic (exact) mass is 147 g/mol. The van der Waals surface area contributed by atoms with E-state index in [4.69, 9.17) is 0 Å². The molecule has 11 heavy (non-hydrogen) atoms. The summed E-state index contributed by atoms with van der Waals surface area (Å²) < 4.78 is 0. The highest BCUT2D eigenvalue weighted by atomic mass is 13.9. The smallest absolute Gasteiger partial charge is 0.0163 e. The van der Waals surface area contributed by atoms with Crippen LogP contribution in [-0.2, 0) is 0 Å². The Morgan fingerprint density at radius 3 is 2.73 bits per heavy atom. The van der Waals surface area contributed by atoms with Crippen molar-refractivity contribution in [3.05, 3.63) is 36.5 Å². The van der Waals surface area contributed by atoms with E-state index in [9.17, 15) is 0 Å². The maximum atomic E-state index is 3.27. The molecule has 0 amide bonds. The summed E-state index contributed by atoms with van der Waals surface area (Å²) in [7, 11) is 0. The first-order chi connectivity index (χ1) is 5.50. The van der Waals surface area contributed by atoms with Gasteiger partial charge in [-0.2, -0.15) is 0 Å². The molecule has 0 heterocycles. The Kier molecular flexibility index (Phi) is 4.51. The average Bonchev–Trinajstić information content (AvgIpc) is 2.08. The zero-order chi connectivity index (χ0) is 7.78. The molecule has 1 aliphatic rings. The van der Waals surface area contributed by atoms with Crippen LogP contribution in [-0.4, -0.2) is 0 Å². The van der Waals surface area contributed by atoms with Crippen LogP contribution >= 0.6 is 0 Å². The lowest BCUT2D eigenvalue weighted by Gasteiger charge is -1.87. The molecule has 0 aromatic rings. The summed E-state index contributed by atoms with van der Waals surface area (Å²) in [5.41, 5.74) is 0. The van der Waals surface area contributed by atoms with Crippen molar-refractivity contribution in [3.63, 3.8) is 0 Å². The zero-order valence-electron chi connectivity index (χ0n) is 6.92. The molecule has 0 fully saturated rings. The van der Waals surface area contributed by atoms with Crippen molar-refractivity contribution in [1.82, 2.24) is 0 Å². The van der Waals surface area contributed by atoms with Crippen LogP contribution in [0.15, 0.2) is 30.4 Å². The Hall–Kier alpha value is -0.780. The standard InChI is InChI=1S/C11H15/c1-2-4-6-8-10-11-9-7-5-3-1/h1-2,5-7H,3-4,9-11H2. The minimum absolute atomic E-state index is 1.05. The predicted octanol–water partition coefficient (Wildman–Crippen LogP) is 3.42. The van der Waals surface area contributed by atoms with Crippen LogP contribution in [0.4, 0.5) is 0 Å². The first-order valence-electron chi connectivity index (χ1n) is 4.35. The molecular weight excluding hydrogens is 132 g/mol. The predicted molar refractivity (Wildman–Crippen MR) is 49.2 cm³/mol. The van der Waals surface area contributed by atoms with Gasteiger partial charge in [-0.1, -0.05) is 30.4 Å². The highest BCUT2D eigenvalue weighted by molar-refractivity contribution is 4.96. The molecule has 0 aliphatic heterocycles. The van der Waals surface area contributed by atoms with Gasteiger partial charge in [-0.15, -0.1) is 0 Å². The SMILES string of the molecule is [C]1=CCC=CCC=CCCC1. The minimum atomic E-state index is 1.05. The topological polar surface area (TPSA) is 0 Å². The largest absolute Gasteiger partial charge is 0.0882 e. The fraction of sp³-hybridized carbons (Fsp3) is 0.455. The Morgan fingerprint density at radius 2 is 1.73 bits per heavy atom. The maximum absolute atomic E-state index is 3.27. The summed E-state index contributed by atoms with van der Waals surface area (Å²) >= 11 is 0. The molecule has 0 N–H and O–H groups in total. The van der Waals surface area contributed by atoms with Crippen LogP contribution in [0.2, 0.25) is 0 Å². The lowest BCUT2D eigenvalue weighted by molar-refractivity contribution is 0.851. The Balaban J connectivity index is 2.34. The fourth-order valence-electron chi connectivity index (χ4n) is 1.06. The third-order valence-electron chi connectivity index (χ3n) is 1.70. The second-order valence-electron chi connectivity index (χ2n) is 2.71. The fourth-order valence-corrected chi connectivity index (χ4v) is 1.06. The lowest BCUT2D eigenvalue weighted by Crippen LogP contribution is -1.68. The summed E-state index contributed by atoms with van der Waals surface area (Å²) in [4.78, 5) is 0. The van der Waals surface area contributed by atoms with Crippen molar-refractivity contribution < 1.29 is 0 Å². The molecule has 0 atom stereocenters. The summed E-state index contributed by atoms with van der Waals surface area (Å²) in [6, 6.07) is 0. The highest BCUT2D eigenvalue weighted by Gasteiger charge is 1.82. The Labute approximate surface area is 69.3 Å². The van der Waals surface area contributed by atoms with Crippen molar-refractivity contribution in [2.45, 2.75) is 32.1 Å². The molecule has 0 bridgehead atoms. The zero-order valence-corrected chi connectivity index (χ0v) is 6.92. The first-order valence-corrected chi connectivity index (χ1v) is 4.35. The molecule has 0 aromatic carbocycles. The van der Waals surface area contributed by atoms with E-state index in [1.165, 1.54) is 12.8 Å². The molecular formula is C11H15. The summed E-state index contributed by atoms with van der Waals surface area (Å²) in [5.74, 6) is 0. The summed E-state index contributed by atoms with van der Waals surface area (Å²) in [6.45, 7) is 0. The van der Waals surface area contributed by atoms with Crippen LogP contribution in [0, 0.1) is 6.08 Å². The molecule has 0 aromatic heterocycles. The second-order valence-corrected chi connectivity index (χ2v) is 2.71. The normalized spacial score (nSPS) is 19.6. The van der Waals surface area contributed by atoms with Gasteiger partial charge in [-0.25, -0.2) is 0 Å². The molecule has 1 rings (SSSR count). The van der Waals surface area contributed by atoms with Crippen molar-refractivity contribution in [1.29, 1.82) is 0 Å². The van der Waals surface area contributed by atoms with Crippen LogP contribution < -0.4 is 0 Å². The van der Waals surface area contributed by atoms with Gasteiger partial charge in [-0.3, -0.25) is 0 Å². The number of hydrogen-bond donors (Lipinski definition) is 0. The molecule has 0 saturated carbocycles. The van der Waals surface area contributed by atoms with Gasteiger partial charge in [0, 0.05) is 0 Å². The Bertz CT molecular complexity index is 143. The van der Waals surface area contributed by atoms with Gasteiger partial charge >= 0.3 is 0 Å². The lowest BCUT2D eigenvalue weighted by atomic mass is 10.2. The highest BCUT2D eigenvalue weighted by Crippen LogP contribution is 2.01. The van der Waals surface area contributed by atoms with Crippen molar-refractivity contribution in [2.24, 2.45) is 0 Å². The van der Waals surface area contributed by atoms with E-state index in [0.717, 1.165) is 19.3 Å². The number of rotatable bonds is 0. The van der Waals surface area contributed by atoms with E-state index >= 15 is 0 Å². The van der Waals surface area contributed by atoms with Crippen LogP contribution in [0.1, 0.15) is 32.1 Å². The molecule has 0 nitrogen and oxygen atoms in total. The maximum Gasteiger partial charge on any atom is -0.0163 e. The van der Waals surface area contributed by atoms with Gasteiger partial charge in [0.1, 0.15) is 0 Å². The van der Waals surface area contributed by atoms with E-state index in [2.05, 4.69) is 36.5 Å². The minimum Gasteiger partial charge on any atom is -0.0882 e. The van der Waals surface area contributed by atoms with Gasteiger partial charge < -0.3 is 0 Å². The first kappa shape index (κ1) is 8.32. The molecule has 0 unspecified atom stereocenters. The van der Waals surface area contributed by atoms with E-state index in [1.807, 2.05) is 0 Å². The van der Waals surface area contributed by atoms with Gasteiger partial charge in [0.25, 0.3) is 0 Å². The van der Waals surface area contributed by atoms with Crippen LogP contribution in [0.3, 0.4) is 0 Å². The van der Waals surface area contributed by atoms with E-state index in [0.29, 0.717) is 0 Å². The van der Waals surface area contributed by atoms with Gasteiger partial charge in [0.2, 0.25) is 0 Å². The van der Waals surface area contributed by atoms with Crippen molar-refractivity contribution in [3.8, 4) is 0 Å². The average molecular weight is 147 g/mol. The molecule has 59 valence electrons. The van der Waals surface area contributed by atoms with Gasteiger partial charge in [-0.05, 0) is 38.2 Å². The molecule has 0 heteroatoms. The Morgan fingerprint density at radius 1 is 0.909 bits per heavy atom. The molecule has 1 aliphatic carbocycles. The third kappa shape index (κ3) is 4.60. The van der Waals surface area contributed by atoms with Crippen molar-refractivity contribution >= 4 is 0 Å². The van der Waals surface area contributed by atoms with Crippen LogP contribution in [0.5, 0.6) is 0 Å². The molecule has 1 radical (unpaired) electrons. The van der Waals surface area contributed by atoms with Crippen LogP contribution in [0.25, 0.3) is 0 Å². The number of hydrogen-bond acceptors (Lipinski definition) is 0. The van der Waals surface area contributed by atoms with E-state index < -0.39 is 0 Å².